The quantitative estimate of drug-likeness (QED) is 0.512. The molecule has 1 unspecified atom stereocenters. The van der Waals surface area contributed by atoms with E-state index in [0.717, 1.165) is 0 Å². The minimum absolute atomic E-state index is 0. The number of likely N-dealkylation sites (tertiary alicyclic amines) is 1. The molecule has 1 rings (SSSR count). The molecule has 1 fully saturated rings. The van der Waals surface area contributed by atoms with Gasteiger partial charge in [0.25, 0.3) is 0 Å². The minimum Gasteiger partial charge on any atom is -1.00 e. The summed E-state index contributed by atoms with van der Waals surface area (Å²) in [6.45, 7) is 3.25. The molecule has 1 amide bonds. The molecule has 7 nitrogen and oxygen atoms in total. The molecule has 2 N–H and O–H groups in total. The molecule has 1 aliphatic rings. The first kappa shape index (κ1) is 19.5. The van der Waals surface area contributed by atoms with Crippen LogP contribution in [0.25, 0.3) is 0 Å². The van der Waals surface area contributed by atoms with E-state index in [9.17, 15) is 18.0 Å². The van der Waals surface area contributed by atoms with E-state index in [1.54, 1.807) is 0 Å². The van der Waals surface area contributed by atoms with Crippen LogP contribution in [0.2, 0.25) is 0 Å². The Labute approximate surface area is 157 Å². The Morgan fingerprint density at radius 1 is 1.53 bits per heavy atom. The molecule has 106 valence electrons. The van der Waals surface area contributed by atoms with Gasteiger partial charge in [-0.15, -0.1) is 0 Å². The van der Waals surface area contributed by atoms with Crippen LogP contribution in [0.3, 0.4) is 0 Å². The smallest absolute Gasteiger partial charge is 1.00 e. The molecule has 0 aliphatic carbocycles. The van der Waals surface area contributed by atoms with Gasteiger partial charge in [-0.3, -0.25) is 4.79 Å². The molecule has 0 aromatic carbocycles. The number of hydrogen-bond acceptors (Lipinski definition) is 4. The van der Waals surface area contributed by atoms with Crippen LogP contribution in [0.1, 0.15) is 28.1 Å². The van der Waals surface area contributed by atoms with E-state index in [0.29, 0.717) is 19.4 Å². The second-order valence-corrected chi connectivity index (χ2v) is 6.31. The monoisotopic (exact) mass is 318 g/mol. The summed E-state index contributed by atoms with van der Waals surface area (Å²) in [5.74, 6) is -1.66. The molecule has 2 atom stereocenters. The fraction of sp³-hybridized carbons (Fsp3) is 0.800. The molecular weight excluding hydrogens is 299 g/mol. The zero-order valence-electron chi connectivity index (χ0n) is 12.4. The summed E-state index contributed by atoms with van der Waals surface area (Å²) in [5.41, 5.74) is 0. The predicted octanol–water partition coefficient (Wildman–Crippen LogP) is -3.49. The van der Waals surface area contributed by atoms with E-state index in [2.05, 4.69) is 4.72 Å². The van der Waals surface area contributed by atoms with E-state index in [1.807, 2.05) is 0 Å². The SMILES string of the molecule is CCS(=O)(=O)N[C@@H](C)C(=O)N1CCCC1C(=O)O.[H-].[K+]. The Bertz CT molecular complexity index is 445. The van der Waals surface area contributed by atoms with Crippen LogP contribution >= 0.6 is 0 Å². The summed E-state index contributed by atoms with van der Waals surface area (Å²) in [4.78, 5) is 24.2. The first-order valence-electron chi connectivity index (χ1n) is 5.81. The topological polar surface area (TPSA) is 104 Å². The first-order valence-corrected chi connectivity index (χ1v) is 7.47. The number of nitrogens with zero attached hydrogens (tertiary/aromatic N) is 1. The molecule has 9 heteroatoms. The van der Waals surface area contributed by atoms with Crippen molar-refractivity contribution in [1.82, 2.24) is 9.62 Å². The van der Waals surface area contributed by atoms with Gasteiger partial charge in [-0.25, -0.2) is 17.9 Å². The third-order valence-corrected chi connectivity index (χ3v) is 4.40. The average Bonchev–Trinajstić information content (AvgIpc) is 2.76. The largest absolute Gasteiger partial charge is 1.00 e. The zero-order chi connectivity index (χ0) is 13.9. The van der Waals surface area contributed by atoms with Crippen molar-refractivity contribution in [1.29, 1.82) is 0 Å². The summed E-state index contributed by atoms with van der Waals surface area (Å²) < 4.78 is 24.9. The van der Waals surface area contributed by atoms with Crippen molar-refractivity contribution in [2.45, 2.75) is 38.8 Å². The molecule has 0 saturated carbocycles. The van der Waals surface area contributed by atoms with Crippen molar-refractivity contribution >= 4 is 21.9 Å². The van der Waals surface area contributed by atoms with Gasteiger partial charge in [-0.2, -0.15) is 0 Å². The summed E-state index contributed by atoms with van der Waals surface area (Å²) in [5, 5.41) is 8.96. The summed E-state index contributed by atoms with van der Waals surface area (Å²) in [6, 6.07) is -1.78. The second-order valence-electron chi connectivity index (χ2n) is 4.27. The normalized spacial score (nSPS) is 20.7. The maximum Gasteiger partial charge on any atom is 1.00 e. The molecule has 19 heavy (non-hydrogen) atoms. The molecule has 0 radical (unpaired) electrons. The Balaban J connectivity index is 0. The van der Waals surface area contributed by atoms with Gasteiger partial charge >= 0.3 is 57.4 Å². The van der Waals surface area contributed by atoms with Gasteiger partial charge in [-0.05, 0) is 26.7 Å². The molecular formula is C10H19KN2O5S. The molecule has 0 bridgehead atoms. The number of rotatable bonds is 5. The van der Waals surface area contributed by atoms with Crippen molar-refractivity contribution in [2.24, 2.45) is 0 Å². The number of carboxylic acids is 1. The summed E-state index contributed by atoms with van der Waals surface area (Å²) >= 11 is 0. The van der Waals surface area contributed by atoms with Gasteiger partial charge < -0.3 is 11.4 Å². The van der Waals surface area contributed by atoms with Crippen molar-refractivity contribution < 1.29 is 75.9 Å². The van der Waals surface area contributed by atoms with Gasteiger partial charge in [0.1, 0.15) is 6.04 Å². The molecule has 0 aromatic rings. The Hall–Kier alpha value is 0.486. The number of aliphatic carboxylic acids is 1. The van der Waals surface area contributed by atoms with E-state index >= 15 is 0 Å². The maximum absolute atomic E-state index is 12.0. The van der Waals surface area contributed by atoms with Crippen molar-refractivity contribution in [3.8, 4) is 0 Å². The number of nitrogens with one attached hydrogen (secondary N) is 1. The van der Waals surface area contributed by atoms with Crippen LogP contribution in [0.15, 0.2) is 0 Å². The van der Waals surface area contributed by atoms with Crippen LogP contribution in [0, 0.1) is 0 Å². The van der Waals surface area contributed by atoms with Crippen molar-refractivity contribution in [3.05, 3.63) is 0 Å². The summed E-state index contributed by atoms with van der Waals surface area (Å²) in [7, 11) is -3.48. The third-order valence-electron chi connectivity index (χ3n) is 2.93. The number of carbonyl (C=O) groups excluding carboxylic acids is 1. The molecule has 1 aliphatic heterocycles. The van der Waals surface area contributed by atoms with Gasteiger partial charge in [0.15, 0.2) is 0 Å². The van der Waals surface area contributed by atoms with Crippen molar-refractivity contribution in [2.75, 3.05) is 12.3 Å². The van der Waals surface area contributed by atoms with E-state index in [1.165, 1.54) is 18.7 Å². The zero-order valence-corrected chi connectivity index (χ0v) is 15.4. The Morgan fingerprint density at radius 3 is 2.58 bits per heavy atom. The summed E-state index contributed by atoms with van der Waals surface area (Å²) in [6.07, 6.45) is 1.03. The van der Waals surface area contributed by atoms with E-state index in [-0.39, 0.29) is 58.6 Å². The van der Waals surface area contributed by atoms with Gasteiger partial charge in [0.2, 0.25) is 15.9 Å². The fourth-order valence-electron chi connectivity index (χ4n) is 1.94. The molecule has 1 saturated heterocycles. The number of amides is 1. The predicted molar refractivity (Wildman–Crippen MR) is 65.5 cm³/mol. The second kappa shape index (κ2) is 8.06. The average molecular weight is 318 g/mol. The van der Waals surface area contributed by atoms with Gasteiger partial charge in [-0.1, -0.05) is 0 Å². The maximum atomic E-state index is 12.0. The van der Waals surface area contributed by atoms with Crippen LogP contribution in [0.5, 0.6) is 0 Å². The molecule has 1 heterocycles. The van der Waals surface area contributed by atoms with Crippen LogP contribution in [-0.2, 0) is 19.6 Å². The third kappa shape index (κ3) is 5.41. The minimum atomic E-state index is -3.48. The number of carbonyl (C=O) groups is 2. The van der Waals surface area contributed by atoms with Crippen molar-refractivity contribution in [3.63, 3.8) is 0 Å². The standard InChI is InChI=1S/C10H18N2O5S.K.H/c1-3-18(16,17)11-7(2)9(13)12-6-4-5-8(12)10(14)15;;/h7-8,11H,3-6H2,1-2H3,(H,14,15);;/q;+1;-1/t7-,8?;;/m0../s1. The van der Waals surface area contributed by atoms with Gasteiger partial charge in [0.05, 0.1) is 11.8 Å². The number of sulfonamides is 1. The van der Waals surface area contributed by atoms with Crippen LogP contribution in [0.4, 0.5) is 0 Å². The first-order chi connectivity index (χ1) is 8.28. The fourth-order valence-corrected chi connectivity index (χ4v) is 2.75. The van der Waals surface area contributed by atoms with Gasteiger partial charge in [0, 0.05) is 6.54 Å². The Kier molecular flexibility index (Phi) is 8.26. The Morgan fingerprint density at radius 2 is 2.11 bits per heavy atom. The van der Waals surface area contributed by atoms with Crippen LogP contribution in [-0.4, -0.2) is 54.7 Å². The number of hydrogen-bond donors (Lipinski definition) is 2. The van der Waals surface area contributed by atoms with E-state index < -0.39 is 34.0 Å². The molecule has 0 aromatic heterocycles. The van der Waals surface area contributed by atoms with E-state index in [4.69, 9.17) is 5.11 Å². The molecule has 0 spiro atoms. The van der Waals surface area contributed by atoms with Crippen LogP contribution < -0.4 is 56.1 Å². The number of carboxylic acid groups (broad SMARTS) is 1.